The molecule has 0 rings (SSSR count). The predicted octanol–water partition coefficient (Wildman–Crippen LogP) is 19.6. The first-order chi connectivity index (χ1) is 34.6. The van der Waals surface area contributed by atoms with Gasteiger partial charge in [-0.1, -0.05) is 250 Å². The Hall–Kier alpha value is -3.96. The zero-order valence-corrected chi connectivity index (χ0v) is 45.2. The van der Waals surface area contributed by atoms with E-state index in [1.165, 1.54) is 109 Å². The Labute approximate surface area is 432 Å². The number of hydrogen-bond donors (Lipinski definition) is 1. The van der Waals surface area contributed by atoms with Gasteiger partial charge in [-0.2, -0.15) is 0 Å². The maximum atomic E-state index is 12.3. The molecule has 0 heterocycles. The van der Waals surface area contributed by atoms with Gasteiger partial charge in [0.25, 0.3) is 0 Å². The summed E-state index contributed by atoms with van der Waals surface area (Å²) in [6, 6.07) is 0. The lowest BCUT2D eigenvalue weighted by Crippen LogP contribution is -2.28. The molecule has 0 spiro atoms. The van der Waals surface area contributed by atoms with Crippen LogP contribution in [0.1, 0.15) is 245 Å². The van der Waals surface area contributed by atoms with Crippen molar-refractivity contribution >= 4 is 11.9 Å². The summed E-state index contributed by atoms with van der Waals surface area (Å²) in [5.74, 6) is -0.609. The molecule has 0 aliphatic carbocycles. The van der Waals surface area contributed by atoms with E-state index in [2.05, 4.69) is 148 Å². The molecule has 0 aromatic carbocycles. The molecule has 1 N–H and O–H groups in total. The van der Waals surface area contributed by atoms with Gasteiger partial charge in [0.15, 0.2) is 6.10 Å². The average Bonchev–Trinajstić information content (AvgIpc) is 3.36. The zero-order chi connectivity index (χ0) is 50.6. The zero-order valence-electron chi connectivity index (χ0n) is 45.2. The van der Waals surface area contributed by atoms with Gasteiger partial charge in [-0.3, -0.25) is 9.59 Å². The summed E-state index contributed by atoms with van der Waals surface area (Å²) >= 11 is 0. The van der Waals surface area contributed by atoms with Gasteiger partial charge in [0.2, 0.25) is 0 Å². The van der Waals surface area contributed by atoms with Gasteiger partial charge in [0.05, 0.1) is 6.61 Å². The summed E-state index contributed by atoms with van der Waals surface area (Å²) in [4.78, 5) is 24.5. The maximum absolute atomic E-state index is 12.3. The van der Waals surface area contributed by atoms with E-state index in [1.807, 2.05) is 0 Å². The van der Waals surface area contributed by atoms with Crippen molar-refractivity contribution in [1.82, 2.24) is 0 Å². The molecule has 0 aromatic heterocycles. The highest BCUT2D eigenvalue weighted by atomic mass is 16.6. The number of aliphatic hydroxyl groups is 1. The highest BCUT2D eigenvalue weighted by Gasteiger charge is 2.16. The van der Waals surface area contributed by atoms with Crippen LogP contribution in [0, 0.1) is 0 Å². The van der Waals surface area contributed by atoms with Crippen LogP contribution >= 0.6 is 0 Å². The molecule has 0 radical (unpaired) electrons. The second-order valence-electron chi connectivity index (χ2n) is 18.6. The molecule has 0 saturated carbocycles. The SMILES string of the molecule is CC/C=C\C/C=C\C/C=C\C/C=C\C/C=C\C/C=C\C/C=C\C/C=C\C/C=C\C/C=C\CCCCCCCCCCCCC(=O)OC(CO)COC(=O)CCCCCCC/C=C\CCCCCCCC. The van der Waals surface area contributed by atoms with E-state index in [0.717, 1.165) is 109 Å². The molecule has 0 bridgehead atoms. The largest absolute Gasteiger partial charge is 0.462 e. The molecule has 5 nitrogen and oxygen atoms in total. The van der Waals surface area contributed by atoms with Crippen molar-refractivity contribution in [2.45, 2.75) is 251 Å². The van der Waals surface area contributed by atoms with Crippen molar-refractivity contribution in [1.29, 1.82) is 0 Å². The van der Waals surface area contributed by atoms with E-state index < -0.39 is 6.10 Å². The Bertz CT molecular complexity index is 1470. The number of allylic oxidation sites excluding steroid dienone is 22. The van der Waals surface area contributed by atoms with Crippen LogP contribution in [0.3, 0.4) is 0 Å². The lowest BCUT2D eigenvalue weighted by Gasteiger charge is -2.15. The molecule has 1 atom stereocenters. The van der Waals surface area contributed by atoms with Crippen molar-refractivity contribution in [3.63, 3.8) is 0 Å². The summed E-state index contributed by atoms with van der Waals surface area (Å²) in [7, 11) is 0. The minimum Gasteiger partial charge on any atom is -0.462 e. The highest BCUT2D eigenvalue weighted by molar-refractivity contribution is 5.70. The Kier molecular flexibility index (Phi) is 56.0. The topological polar surface area (TPSA) is 72.8 Å². The average molecular weight is 968 g/mol. The van der Waals surface area contributed by atoms with Crippen LogP contribution in [0.25, 0.3) is 0 Å². The smallest absolute Gasteiger partial charge is 0.306 e. The lowest BCUT2D eigenvalue weighted by atomic mass is 10.0. The number of unbranched alkanes of at least 4 members (excludes halogenated alkanes) is 21. The van der Waals surface area contributed by atoms with Crippen LogP contribution in [0.15, 0.2) is 134 Å². The molecule has 0 aliphatic heterocycles. The Morgan fingerprint density at radius 2 is 0.614 bits per heavy atom. The molecule has 0 aromatic rings. The summed E-state index contributed by atoms with van der Waals surface area (Å²) in [5, 5.41) is 9.63. The van der Waals surface area contributed by atoms with Gasteiger partial charge in [0.1, 0.15) is 6.61 Å². The van der Waals surface area contributed by atoms with E-state index in [9.17, 15) is 14.7 Å². The summed E-state index contributed by atoms with van der Waals surface area (Å²) in [6.07, 6.45) is 88.5. The van der Waals surface area contributed by atoms with E-state index in [4.69, 9.17) is 9.47 Å². The van der Waals surface area contributed by atoms with Gasteiger partial charge in [-0.25, -0.2) is 0 Å². The minimum atomic E-state index is -0.785. The third-order valence-electron chi connectivity index (χ3n) is 11.9. The van der Waals surface area contributed by atoms with Gasteiger partial charge in [-0.05, 0) is 116 Å². The Morgan fingerprint density at radius 3 is 0.943 bits per heavy atom. The van der Waals surface area contributed by atoms with Crippen LogP contribution in [-0.2, 0) is 19.1 Å². The number of ether oxygens (including phenoxy) is 2. The van der Waals surface area contributed by atoms with E-state index >= 15 is 0 Å². The van der Waals surface area contributed by atoms with Crippen LogP contribution in [-0.4, -0.2) is 36.4 Å². The monoisotopic (exact) mass is 967 g/mol. The van der Waals surface area contributed by atoms with Crippen LogP contribution < -0.4 is 0 Å². The fraction of sp³-hybridized carbons (Fsp3) is 0.631. The summed E-state index contributed by atoms with van der Waals surface area (Å²) in [6.45, 7) is 4.01. The van der Waals surface area contributed by atoms with Crippen molar-refractivity contribution in [3.8, 4) is 0 Å². The molecule has 0 fully saturated rings. The molecule has 396 valence electrons. The number of aliphatic hydroxyl groups excluding tert-OH is 1. The normalized spacial score (nSPS) is 13.2. The predicted molar refractivity (Wildman–Crippen MR) is 306 cm³/mol. The fourth-order valence-electron chi connectivity index (χ4n) is 7.64. The van der Waals surface area contributed by atoms with Crippen molar-refractivity contribution in [2.24, 2.45) is 0 Å². The first-order valence-electron chi connectivity index (χ1n) is 28.7. The molecule has 0 saturated heterocycles. The van der Waals surface area contributed by atoms with E-state index in [1.54, 1.807) is 0 Å². The third-order valence-corrected chi connectivity index (χ3v) is 11.9. The molecule has 5 heteroatoms. The number of carbonyl (C=O) groups excluding carboxylic acids is 2. The lowest BCUT2D eigenvalue weighted by molar-refractivity contribution is -0.161. The first kappa shape index (κ1) is 66.0. The van der Waals surface area contributed by atoms with Crippen LogP contribution in [0.2, 0.25) is 0 Å². The Morgan fingerprint density at radius 1 is 0.343 bits per heavy atom. The third kappa shape index (κ3) is 56.6. The summed E-state index contributed by atoms with van der Waals surface area (Å²) in [5.41, 5.74) is 0. The fourth-order valence-corrected chi connectivity index (χ4v) is 7.64. The molecule has 70 heavy (non-hydrogen) atoms. The minimum absolute atomic E-state index is 0.0771. The maximum Gasteiger partial charge on any atom is 0.306 e. The Balaban J connectivity index is 3.59. The van der Waals surface area contributed by atoms with Gasteiger partial charge < -0.3 is 14.6 Å². The van der Waals surface area contributed by atoms with Gasteiger partial charge >= 0.3 is 11.9 Å². The second kappa shape index (κ2) is 59.3. The van der Waals surface area contributed by atoms with Gasteiger partial charge in [-0.15, -0.1) is 0 Å². The van der Waals surface area contributed by atoms with E-state index in [0.29, 0.717) is 12.8 Å². The molecular weight excluding hydrogens is 861 g/mol. The molecule has 0 amide bonds. The van der Waals surface area contributed by atoms with E-state index in [-0.39, 0.29) is 25.2 Å². The van der Waals surface area contributed by atoms with Crippen LogP contribution in [0.5, 0.6) is 0 Å². The van der Waals surface area contributed by atoms with Gasteiger partial charge in [0, 0.05) is 12.8 Å². The number of hydrogen-bond acceptors (Lipinski definition) is 5. The summed E-state index contributed by atoms with van der Waals surface area (Å²) < 4.78 is 10.7. The van der Waals surface area contributed by atoms with Crippen molar-refractivity contribution in [3.05, 3.63) is 134 Å². The molecular formula is C65H106O5. The number of carbonyl (C=O) groups is 2. The van der Waals surface area contributed by atoms with Crippen molar-refractivity contribution in [2.75, 3.05) is 13.2 Å². The van der Waals surface area contributed by atoms with Crippen LogP contribution in [0.4, 0.5) is 0 Å². The number of rotatable bonds is 51. The second-order valence-corrected chi connectivity index (χ2v) is 18.6. The standard InChI is InChI=1S/C65H106O5/c1-3-5-7-9-11-13-15-17-19-20-21-22-23-24-25-26-27-28-29-30-31-32-33-34-35-36-37-38-39-40-41-42-43-44-46-48-50-52-54-56-58-60-65(68)70-63(61-66)62-69-64(67)59-57-55-53-51-49-47-45-18-16-14-12-10-8-6-4-2/h5,7,11,13,17-19,21-22,24-25,27-28,30-31,33-34,36-37,39-40,45,63,66H,3-4,6,8-10,12,14-16,20,23,26,29,32,35,38,41-44,46-62H2,1-2H3/b7-5-,13-11-,19-17-,22-21-,25-24-,28-27-,31-30-,34-33-,37-36-,40-39-,45-18-. The van der Waals surface area contributed by atoms with Crippen molar-refractivity contribution < 1.29 is 24.2 Å². The molecule has 0 aliphatic rings. The number of esters is 2. The quantitative estimate of drug-likeness (QED) is 0.0374. The molecule has 1 unspecified atom stereocenters. The highest BCUT2D eigenvalue weighted by Crippen LogP contribution is 2.14. The first-order valence-corrected chi connectivity index (χ1v) is 28.7.